The highest BCUT2D eigenvalue weighted by Crippen LogP contribution is 2.12. The molecule has 2 heterocycles. The number of methoxy groups -OCH3 is 1. The summed E-state index contributed by atoms with van der Waals surface area (Å²) in [5.41, 5.74) is 2.39. The molecule has 0 unspecified atom stereocenters. The number of ether oxygens (including phenoxy) is 1. The highest BCUT2D eigenvalue weighted by atomic mass is 32.1. The van der Waals surface area contributed by atoms with Crippen LogP contribution in [0.2, 0.25) is 0 Å². The van der Waals surface area contributed by atoms with Crippen molar-refractivity contribution in [3.05, 3.63) is 21.7 Å². The largest absolute Gasteiger partial charge is 0.384 e. The van der Waals surface area contributed by atoms with E-state index in [2.05, 4.69) is 15.3 Å². The van der Waals surface area contributed by atoms with Gasteiger partial charge in [-0.2, -0.15) is 0 Å². The Morgan fingerprint density at radius 1 is 1.53 bits per heavy atom. The summed E-state index contributed by atoms with van der Waals surface area (Å²) in [7, 11) is 1.69. The van der Waals surface area contributed by atoms with Gasteiger partial charge in [-0.15, -0.1) is 0 Å². The average Bonchev–Trinajstić information content (AvgIpc) is 2.26. The van der Waals surface area contributed by atoms with Gasteiger partial charge in [0.1, 0.15) is 10.5 Å². The maximum absolute atomic E-state index is 5.26. The van der Waals surface area contributed by atoms with Gasteiger partial charge in [-0.1, -0.05) is 12.2 Å². The molecular formula is C10H15N3OS. The minimum atomic E-state index is 0.676. The summed E-state index contributed by atoms with van der Waals surface area (Å²) in [5, 5.41) is 3.29. The SMILES string of the molecule is COCCc1nc(=S)c2c([nH]1)CCNC2. The Kier molecular flexibility index (Phi) is 3.45. The van der Waals surface area contributed by atoms with Crippen LogP contribution in [0.1, 0.15) is 17.1 Å². The molecule has 0 saturated carbocycles. The highest BCUT2D eigenvalue weighted by molar-refractivity contribution is 7.71. The summed E-state index contributed by atoms with van der Waals surface area (Å²) in [6.07, 6.45) is 1.79. The number of hydrogen-bond donors (Lipinski definition) is 2. The second kappa shape index (κ2) is 4.83. The van der Waals surface area contributed by atoms with Crippen LogP contribution in [0.25, 0.3) is 0 Å². The Bertz CT molecular complexity index is 402. The zero-order chi connectivity index (χ0) is 10.7. The lowest BCUT2D eigenvalue weighted by atomic mass is 10.1. The summed E-state index contributed by atoms with van der Waals surface area (Å²) in [4.78, 5) is 7.71. The van der Waals surface area contributed by atoms with Gasteiger partial charge in [0.2, 0.25) is 0 Å². The number of rotatable bonds is 3. The summed E-state index contributed by atoms with van der Waals surface area (Å²) in [6, 6.07) is 0. The number of nitrogens with zero attached hydrogens (tertiary/aromatic N) is 1. The number of hydrogen-bond acceptors (Lipinski definition) is 4. The van der Waals surface area contributed by atoms with E-state index >= 15 is 0 Å². The molecule has 1 aromatic rings. The van der Waals surface area contributed by atoms with Crippen LogP contribution in [0.4, 0.5) is 0 Å². The number of aromatic nitrogens is 2. The zero-order valence-electron chi connectivity index (χ0n) is 8.80. The average molecular weight is 225 g/mol. The van der Waals surface area contributed by atoms with E-state index in [9.17, 15) is 0 Å². The van der Waals surface area contributed by atoms with Crippen molar-refractivity contribution < 1.29 is 4.74 Å². The van der Waals surface area contributed by atoms with Crippen molar-refractivity contribution in [3.8, 4) is 0 Å². The third kappa shape index (κ3) is 2.42. The van der Waals surface area contributed by atoms with Crippen molar-refractivity contribution in [2.75, 3.05) is 20.3 Å². The summed E-state index contributed by atoms with van der Waals surface area (Å²) in [5.74, 6) is 0.933. The molecule has 82 valence electrons. The van der Waals surface area contributed by atoms with Gasteiger partial charge < -0.3 is 15.0 Å². The van der Waals surface area contributed by atoms with E-state index < -0.39 is 0 Å². The topological polar surface area (TPSA) is 49.9 Å². The van der Waals surface area contributed by atoms with E-state index in [1.54, 1.807) is 7.11 Å². The molecule has 4 nitrogen and oxygen atoms in total. The molecule has 2 N–H and O–H groups in total. The molecule has 15 heavy (non-hydrogen) atoms. The number of aromatic amines is 1. The van der Waals surface area contributed by atoms with Gasteiger partial charge in [0.15, 0.2) is 0 Å². The van der Waals surface area contributed by atoms with Crippen LogP contribution in [-0.4, -0.2) is 30.2 Å². The Morgan fingerprint density at radius 2 is 2.40 bits per heavy atom. The third-order valence-corrected chi connectivity index (χ3v) is 2.89. The predicted octanol–water partition coefficient (Wildman–Crippen LogP) is 0.974. The maximum atomic E-state index is 5.26. The molecule has 0 saturated heterocycles. The molecule has 0 aromatic carbocycles. The van der Waals surface area contributed by atoms with Crippen molar-refractivity contribution in [2.24, 2.45) is 0 Å². The summed E-state index contributed by atoms with van der Waals surface area (Å²) >= 11 is 5.26. The van der Waals surface area contributed by atoms with Crippen LogP contribution in [0.3, 0.4) is 0 Å². The molecule has 1 aliphatic heterocycles. The number of H-pyrrole nitrogens is 1. The van der Waals surface area contributed by atoms with Crippen molar-refractivity contribution in [1.82, 2.24) is 15.3 Å². The highest BCUT2D eigenvalue weighted by Gasteiger charge is 2.12. The van der Waals surface area contributed by atoms with Gasteiger partial charge in [0.05, 0.1) is 6.61 Å². The van der Waals surface area contributed by atoms with Crippen LogP contribution >= 0.6 is 12.2 Å². The zero-order valence-corrected chi connectivity index (χ0v) is 9.62. The molecule has 0 bridgehead atoms. The molecule has 0 aliphatic carbocycles. The second-order valence-electron chi connectivity index (χ2n) is 3.62. The number of fused-ring (bicyclic) bond motifs is 1. The molecule has 0 amide bonds. The quantitative estimate of drug-likeness (QED) is 0.753. The maximum Gasteiger partial charge on any atom is 0.134 e. The predicted molar refractivity (Wildman–Crippen MR) is 60.4 cm³/mol. The van der Waals surface area contributed by atoms with E-state index in [0.29, 0.717) is 6.61 Å². The monoisotopic (exact) mass is 225 g/mol. The fraction of sp³-hybridized carbons (Fsp3) is 0.600. The molecule has 5 heteroatoms. The molecular weight excluding hydrogens is 210 g/mol. The minimum absolute atomic E-state index is 0.676. The smallest absolute Gasteiger partial charge is 0.134 e. The molecule has 0 fully saturated rings. The first kappa shape index (κ1) is 10.7. The van der Waals surface area contributed by atoms with E-state index in [1.165, 1.54) is 5.69 Å². The number of nitrogens with one attached hydrogen (secondary N) is 2. The van der Waals surface area contributed by atoms with Crippen LogP contribution in [0.15, 0.2) is 0 Å². The lowest BCUT2D eigenvalue weighted by molar-refractivity contribution is 0.200. The first-order chi connectivity index (χ1) is 7.31. The normalized spacial score (nSPS) is 15.0. The second-order valence-corrected chi connectivity index (χ2v) is 4.00. The summed E-state index contributed by atoms with van der Waals surface area (Å²) < 4.78 is 5.75. The van der Waals surface area contributed by atoms with Crippen LogP contribution < -0.4 is 5.32 Å². The lowest BCUT2D eigenvalue weighted by Gasteiger charge is -2.17. The molecule has 1 aromatic heterocycles. The van der Waals surface area contributed by atoms with E-state index in [-0.39, 0.29) is 0 Å². The van der Waals surface area contributed by atoms with Gasteiger partial charge in [-0.25, -0.2) is 4.98 Å². The molecule has 1 aliphatic rings. The molecule has 0 atom stereocenters. The molecule has 0 radical (unpaired) electrons. The van der Waals surface area contributed by atoms with E-state index in [1.807, 2.05) is 0 Å². The first-order valence-electron chi connectivity index (χ1n) is 5.12. The minimum Gasteiger partial charge on any atom is -0.384 e. The Hall–Kier alpha value is -0.780. The lowest BCUT2D eigenvalue weighted by Crippen LogP contribution is -2.26. The molecule has 2 rings (SSSR count). The van der Waals surface area contributed by atoms with Gasteiger partial charge in [0.25, 0.3) is 0 Å². The Balaban J connectivity index is 2.28. The van der Waals surface area contributed by atoms with Gasteiger partial charge >= 0.3 is 0 Å². The van der Waals surface area contributed by atoms with Gasteiger partial charge in [-0.3, -0.25) is 0 Å². The van der Waals surface area contributed by atoms with Crippen LogP contribution in [0, 0.1) is 4.64 Å². The van der Waals surface area contributed by atoms with Gasteiger partial charge in [0, 0.05) is 44.3 Å². The fourth-order valence-electron chi connectivity index (χ4n) is 1.74. The third-order valence-electron chi connectivity index (χ3n) is 2.55. The molecule has 0 spiro atoms. The van der Waals surface area contributed by atoms with Crippen molar-refractivity contribution in [3.63, 3.8) is 0 Å². The van der Waals surface area contributed by atoms with Crippen molar-refractivity contribution in [2.45, 2.75) is 19.4 Å². The van der Waals surface area contributed by atoms with Crippen molar-refractivity contribution >= 4 is 12.2 Å². The van der Waals surface area contributed by atoms with Crippen LogP contribution in [0.5, 0.6) is 0 Å². The van der Waals surface area contributed by atoms with E-state index in [0.717, 1.165) is 42.0 Å². The van der Waals surface area contributed by atoms with Gasteiger partial charge in [-0.05, 0) is 0 Å². The van der Waals surface area contributed by atoms with E-state index in [4.69, 9.17) is 17.0 Å². The van der Waals surface area contributed by atoms with Crippen LogP contribution in [-0.2, 0) is 24.1 Å². The standard InChI is InChI=1S/C10H15N3OS/c1-14-5-3-9-12-8-2-4-11-6-7(8)10(15)13-9/h11H,2-6H2,1H3,(H,12,13,15). The summed E-state index contributed by atoms with van der Waals surface area (Å²) in [6.45, 7) is 2.52. The fourth-order valence-corrected chi connectivity index (χ4v) is 2.04. The Morgan fingerprint density at radius 3 is 3.20 bits per heavy atom. The van der Waals surface area contributed by atoms with Crippen molar-refractivity contribution in [1.29, 1.82) is 0 Å². The Labute approximate surface area is 94.1 Å². The first-order valence-corrected chi connectivity index (χ1v) is 5.52.